The highest BCUT2D eigenvalue weighted by Gasteiger charge is 2.20. The molecule has 0 saturated heterocycles. The molecule has 0 saturated carbocycles. The molecule has 2 rings (SSSR count). The number of nitrogens with zero attached hydrogens (tertiary/aromatic N) is 1. The summed E-state index contributed by atoms with van der Waals surface area (Å²) in [6, 6.07) is 7.95. The number of nitrogens with two attached hydrogens (primary N) is 1. The molecule has 0 aliphatic rings. The summed E-state index contributed by atoms with van der Waals surface area (Å²) in [5.74, 6) is -0.680. The Bertz CT molecular complexity index is 545. The van der Waals surface area contributed by atoms with E-state index in [1.54, 1.807) is 0 Å². The lowest BCUT2D eigenvalue weighted by molar-refractivity contribution is -0.142. The van der Waals surface area contributed by atoms with Gasteiger partial charge in [0.15, 0.2) is 0 Å². The molecule has 1 unspecified atom stereocenters. The van der Waals surface area contributed by atoms with E-state index in [0.717, 1.165) is 16.5 Å². The zero-order chi connectivity index (χ0) is 12.4. The highest BCUT2D eigenvalue weighted by molar-refractivity contribution is 5.84. The molecule has 0 spiro atoms. The van der Waals surface area contributed by atoms with Gasteiger partial charge >= 0.3 is 5.97 Å². The van der Waals surface area contributed by atoms with Crippen molar-refractivity contribution < 1.29 is 9.53 Å². The minimum Gasteiger partial charge on any atom is -0.469 e. The molecule has 2 N–H and O–H groups in total. The Morgan fingerprint density at radius 2 is 2.24 bits per heavy atom. The highest BCUT2D eigenvalue weighted by Crippen LogP contribution is 2.22. The van der Waals surface area contributed by atoms with Crippen LogP contribution in [0.4, 0.5) is 0 Å². The van der Waals surface area contributed by atoms with Gasteiger partial charge in [-0.3, -0.25) is 4.79 Å². The summed E-state index contributed by atoms with van der Waals surface area (Å²) in [7, 11) is 3.35. The predicted octanol–water partition coefficient (Wildman–Crippen LogP) is 1.39. The van der Waals surface area contributed by atoms with Crippen molar-refractivity contribution in [2.75, 3.05) is 13.7 Å². The van der Waals surface area contributed by atoms with E-state index in [-0.39, 0.29) is 18.4 Å². The fourth-order valence-electron chi connectivity index (χ4n) is 2.01. The first kappa shape index (κ1) is 11.7. The van der Waals surface area contributed by atoms with E-state index in [9.17, 15) is 4.79 Å². The van der Waals surface area contributed by atoms with Crippen molar-refractivity contribution in [3.8, 4) is 0 Å². The van der Waals surface area contributed by atoms with E-state index >= 15 is 0 Å². The van der Waals surface area contributed by atoms with E-state index < -0.39 is 0 Å². The molecular formula is C13H16N2O2. The van der Waals surface area contributed by atoms with E-state index in [0.29, 0.717) is 0 Å². The molecule has 1 aromatic heterocycles. The van der Waals surface area contributed by atoms with Crippen molar-refractivity contribution in [2.45, 2.75) is 5.92 Å². The molecule has 2 aromatic rings. The summed E-state index contributed by atoms with van der Waals surface area (Å²) in [6.07, 6.45) is 1.99. The van der Waals surface area contributed by atoms with Gasteiger partial charge in [0.25, 0.3) is 0 Å². The molecule has 1 aromatic carbocycles. The Hall–Kier alpha value is -1.81. The van der Waals surface area contributed by atoms with Crippen LogP contribution < -0.4 is 5.73 Å². The first-order chi connectivity index (χ1) is 8.17. The maximum Gasteiger partial charge on any atom is 0.314 e. The third-order valence-corrected chi connectivity index (χ3v) is 3.04. The summed E-state index contributed by atoms with van der Waals surface area (Å²) >= 11 is 0. The zero-order valence-corrected chi connectivity index (χ0v) is 10.0. The minimum atomic E-state index is -0.390. The number of methoxy groups -OCH3 is 1. The number of benzene rings is 1. The first-order valence-electron chi connectivity index (χ1n) is 5.50. The Labute approximate surface area is 100.0 Å². The van der Waals surface area contributed by atoms with Crippen LogP contribution in [0.3, 0.4) is 0 Å². The number of carbonyl (C=O) groups excluding carboxylic acids is 1. The standard InChI is InChI=1S/C13H16N2O2/c1-15-6-5-9-3-4-10(7-12(9)15)11(8-14)13(16)17-2/h3-7,11H,8,14H2,1-2H3. The number of carbonyl (C=O) groups is 1. The molecule has 0 aliphatic heterocycles. The van der Waals surface area contributed by atoms with E-state index in [4.69, 9.17) is 10.5 Å². The van der Waals surface area contributed by atoms with Crippen LogP contribution in [0, 0.1) is 0 Å². The lowest BCUT2D eigenvalue weighted by Crippen LogP contribution is -2.22. The van der Waals surface area contributed by atoms with Crippen LogP contribution >= 0.6 is 0 Å². The fourth-order valence-corrected chi connectivity index (χ4v) is 2.01. The first-order valence-corrected chi connectivity index (χ1v) is 5.50. The Kier molecular flexibility index (Phi) is 3.15. The third kappa shape index (κ3) is 2.03. The lowest BCUT2D eigenvalue weighted by atomic mass is 9.98. The number of hydrogen-bond acceptors (Lipinski definition) is 3. The Balaban J connectivity index is 2.46. The maximum atomic E-state index is 11.6. The van der Waals surface area contributed by atoms with E-state index in [1.165, 1.54) is 7.11 Å². The van der Waals surface area contributed by atoms with Crippen molar-refractivity contribution >= 4 is 16.9 Å². The summed E-state index contributed by atoms with van der Waals surface area (Å²) < 4.78 is 6.77. The number of fused-ring (bicyclic) bond motifs is 1. The molecule has 0 aliphatic carbocycles. The fraction of sp³-hybridized carbons (Fsp3) is 0.308. The monoisotopic (exact) mass is 232 g/mol. The third-order valence-electron chi connectivity index (χ3n) is 3.04. The van der Waals surface area contributed by atoms with Gasteiger partial charge in [0.1, 0.15) is 0 Å². The molecular weight excluding hydrogens is 216 g/mol. The smallest absolute Gasteiger partial charge is 0.314 e. The highest BCUT2D eigenvalue weighted by atomic mass is 16.5. The minimum absolute atomic E-state index is 0.253. The van der Waals surface area contributed by atoms with Gasteiger partial charge in [-0.2, -0.15) is 0 Å². The summed E-state index contributed by atoms with van der Waals surface area (Å²) in [4.78, 5) is 11.6. The van der Waals surface area contributed by atoms with Crippen LogP contribution in [0.15, 0.2) is 30.5 Å². The van der Waals surface area contributed by atoms with Crippen molar-refractivity contribution in [1.29, 1.82) is 0 Å². The molecule has 1 atom stereocenters. The second-order valence-corrected chi connectivity index (χ2v) is 4.06. The molecule has 4 nitrogen and oxygen atoms in total. The molecule has 0 radical (unpaired) electrons. The van der Waals surface area contributed by atoms with Crippen LogP contribution in [-0.4, -0.2) is 24.2 Å². The molecule has 0 fully saturated rings. The summed E-state index contributed by atoms with van der Waals surface area (Å²) in [5.41, 5.74) is 7.62. The molecule has 1 heterocycles. The Morgan fingerprint density at radius 1 is 1.47 bits per heavy atom. The normalized spacial score (nSPS) is 12.6. The quantitative estimate of drug-likeness (QED) is 0.814. The second-order valence-electron chi connectivity index (χ2n) is 4.06. The van der Waals surface area contributed by atoms with Crippen LogP contribution in [0.2, 0.25) is 0 Å². The summed E-state index contributed by atoms with van der Waals surface area (Å²) in [6.45, 7) is 0.253. The van der Waals surface area contributed by atoms with Gasteiger partial charge in [0, 0.05) is 25.3 Å². The molecule has 17 heavy (non-hydrogen) atoms. The molecule has 90 valence electrons. The van der Waals surface area contributed by atoms with Crippen molar-refractivity contribution in [2.24, 2.45) is 12.8 Å². The second kappa shape index (κ2) is 4.59. The zero-order valence-electron chi connectivity index (χ0n) is 10.0. The number of rotatable bonds is 3. The van der Waals surface area contributed by atoms with Crippen LogP contribution in [-0.2, 0) is 16.6 Å². The number of hydrogen-bond donors (Lipinski definition) is 1. The molecule has 0 bridgehead atoms. The average Bonchev–Trinajstić information content (AvgIpc) is 2.72. The molecule has 4 heteroatoms. The summed E-state index contributed by atoms with van der Waals surface area (Å²) in [5, 5.41) is 1.15. The largest absolute Gasteiger partial charge is 0.469 e. The topological polar surface area (TPSA) is 57.2 Å². The van der Waals surface area contributed by atoms with Gasteiger partial charge < -0.3 is 15.0 Å². The van der Waals surface area contributed by atoms with Crippen molar-refractivity contribution in [3.63, 3.8) is 0 Å². The van der Waals surface area contributed by atoms with Crippen molar-refractivity contribution in [1.82, 2.24) is 4.57 Å². The molecule has 0 amide bonds. The van der Waals surface area contributed by atoms with Gasteiger partial charge in [-0.05, 0) is 23.1 Å². The van der Waals surface area contributed by atoms with Gasteiger partial charge in [-0.1, -0.05) is 12.1 Å². The number of aromatic nitrogens is 1. The maximum absolute atomic E-state index is 11.6. The Morgan fingerprint density at radius 3 is 2.88 bits per heavy atom. The van der Waals surface area contributed by atoms with Crippen LogP contribution in [0.5, 0.6) is 0 Å². The van der Waals surface area contributed by atoms with Gasteiger partial charge in [0.2, 0.25) is 0 Å². The SMILES string of the molecule is COC(=O)C(CN)c1ccc2ccn(C)c2c1. The van der Waals surface area contributed by atoms with Crippen molar-refractivity contribution in [3.05, 3.63) is 36.0 Å². The average molecular weight is 232 g/mol. The number of aryl methyl sites for hydroxylation is 1. The van der Waals surface area contributed by atoms with E-state index in [1.807, 2.05) is 42.1 Å². The number of esters is 1. The van der Waals surface area contributed by atoms with Gasteiger partial charge in [-0.25, -0.2) is 0 Å². The predicted molar refractivity (Wildman–Crippen MR) is 66.7 cm³/mol. The number of ether oxygens (including phenoxy) is 1. The van der Waals surface area contributed by atoms with E-state index in [2.05, 4.69) is 0 Å². The van der Waals surface area contributed by atoms with Crippen LogP contribution in [0.1, 0.15) is 11.5 Å². The van der Waals surface area contributed by atoms with Crippen LogP contribution in [0.25, 0.3) is 10.9 Å². The van der Waals surface area contributed by atoms with Gasteiger partial charge in [0.05, 0.1) is 13.0 Å². The lowest BCUT2D eigenvalue weighted by Gasteiger charge is -2.13. The van der Waals surface area contributed by atoms with Gasteiger partial charge in [-0.15, -0.1) is 0 Å².